The number of para-hydroxylation sites is 1. The lowest BCUT2D eigenvalue weighted by Crippen LogP contribution is -2.34. The number of hydrogen-bond acceptors (Lipinski definition) is 2. The van der Waals surface area contributed by atoms with Crippen LogP contribution in [0.25, 0.3) is 0 Å². The number of rotatable bonds is 3. The van der Waals surface area contributed by atoms with Gasteiger partial charge in [0.15, 0.2) is 0 Å². The van der Waals surface area contributed by atoms with E-state index in [9.17, 15) is 4.79 Å². The van der Waals surface area contributed by atoms with Gasteiger partial charge in [-0.25, -0.2) is 4.79 Å². The fraction of sp³-hybridized carbons (Fsp3) is 0.333. The molecule has 0 radical (unpaired) electrons. The summed E-state index contributed by atoms with van der Waals surface area (Å²) in [5, 5.41) is 11.4. The molecule has 1 unspecified atom stereocenters. The molecule has 84 valence electrons. The Bertz CT molecular complexity index is 383. The van der Waals surface area contributed by atoms with Gasteiger partial charge in [0, 0.05) is 19.3 Å². The molecule has 0 aliphatic rings. The number of hydrogen-bond donors (Lipinski definition) is 1. The van der Waals surface area contributed by atoms with Crippen LogP contribution in [-0.2, 0) is 0 Å². The van der Waals surface area contributed by atoms with Crippen LogP contribution < -0.4 is 5.32 Å². The zero-order valence-electron chi connectivity index (χ0n) is 9.47. The van der Waals surface area contributed by atoms with Crippen LogP contribution in [0.15, 0.2) is 30.3 Å². The maximum Gasteiger partial charge on any atom is 0.321 e. The number of urea groups is 1. The second kappa shape index (κ2) is 5.76. The third-order valence-corrected chi connectivity index (χ3v) is 2.14. The highest BCUT2D eigenvalue weighted by Crippen LogP contribution is 2.06. The maximum atomic E-state index is 11.7. The number of carbonyl (C=O) groups is 1. The molecule has 16 heavy (non-hydrogen) atoms. The van der Waals surface area contributed by atoms with E-state index in [1.54, 1.807) is 14.0 Å². The molecule has 1 atom stereocenters. The van der Waals surface area contributed by atoms with Crippen molar-refractivity contribution in [3.8, 4) is 6.07 Å². The van der Waals surface area contributed by atoms with Crippen molar-refractivity contribution in [3.63, 3.8) is 0 Å². The number of amides is 2. The van der Waals surface area contributed by atoms with Crippen LogP contribution in [0.4, 0.5) is 10.5 Å². The number of nitrogens with one attached hydrogen (secondary N) is 1. The van der Waals surface area contributed by atoms with Crippen molar-refractivity contribution in [1.29, 1.82) is 5.26 Å². The summed E-state index contributed by atoms with van der Waals surface area (Å²) in [5.41, 5.74) is 0.754. The molecule has 0 heterocycles. The van der Waals surface area contributed by atoms with Crippen LogP contribution in [0.1, 0.15) is 6.92 Å². The molecule has 1 aromatic rings. The van der Waals surface area contributed by atoms with E-state index < -0.39 is 0 Å². The third-order valence-electron chi connectivity index (χ3n) is 2.14. The van der Waals surface area contributed by atoms with Gasteiger partial charge in [0.05, 0.1) is 12.0 Å². The van der Waals surface area contributed by atoms with Crippen LogP contribution >= 0.6 is 0 Å². The zero-order valence-corrected chi connectivity index (χ0v) is 9.47. The lowest BCUT2D eigenvalue weighted by atomic mass is 10.2. The largest absolute Gasteiger partial charge is 0.326 e. The summed E-state index contributed by atoms with van der Waals surface area (Å²) in [6.45, 7) is 2.21. The fourth-order valence-corrected chi connectivity index (χ4v) is 1.27. The van der Waals surface area contributed by atoms with Gasteiger partial charge in [0.1, 0.15) is 0 Å². The Labute approximate surface area is 95.5 Å². The molecule has 0 saturated heterocycles. The molecule has 0 aliphatic carbocycles. The summed E-state index contributed by atoms with van der Waals surface area (Å²) in [7, 11) is 1.67. The summed E-state index contributed by atoms with van der Waals surface area (Å²) in [6.07, 6.45) is 0. The molecule has 1 aromatic carbocycles. The van der Waals surface area contributed by atoms with Gasteiger partial charge in [-0.15, -0.1) is 0 Å². The Hall–Kier alpha value is -2.02. The van der Waals surface area contributed by atoms with Crippen molar-refractivity contribution in [2.24, 2.45) is 5.92 Å². The van der Waals surface area contributed by atoms with E-state index in [4.69, 9.17) is 5.26 Å². The minimum absolute atomic E-state index is 0.161. The third kappa shape index (κ3) is 3.62. The van der Waals surface area contributed by atoms with E-state index >= 15 is 0 Å². The molecule has 0 bridgehead atoms. The van der Waals surface area contributed by atoms with Crippen LogP contribution in [-0.4, -0.2) is 24.5 Å². The average Bonchev–Trinajstić information content (AvgIpc) is 2.30. The first-order chi connectivity index (χ1) is 7.63. The van der Waals surface area contributed by atoms with E-state index in [0.717, 1.165) is 5.69 Å². The van der Waals surface area contributed by atoms with Crippen molar-refractivity contribution in [3.05, 3.63) is 30.3 Å². The number of nitrogens with zero attached hydrogens (tertiary/aromatic N) is 2. The van der Waals surface area contributed by atoms with Crippen LogP contribution in [0, 0.1) is 17.2 Å². The van der Waals surface area contributed by atoms with Gasteiger partial charge in [-0.3, -0.25) is 0 Å². The van der Waals surface area contributed by atoms with Crippen LogP contribution in [0.3, 0.4) is 0 Å². The van der Waals surface area contributed by atoms with Crippen molar-refractivity contribution in [2.75, 3.05) is 18.9 Å². The Kier molecular flexibility index (Phi) is 4.34. The molecule has 0 aromatic heterocycles. The van der Waals surface area contributed by atoms with Crippen molar-refractivity contribution < 1.29 is 4.79 Å². The predicted octanol–water partition coefficient (Wildman–Crippen LogP) is 2.31. The monoisotopic (exact) mass is 217 g/mol. The summed E-state index contributed by atoms with van der Waals surface area (Å²) in [6, 6.07) is 11.1. The van der Waals surface area contributed by atoms with Crippen molar-refractivity contribution in [2.45, 2.75) is 6.92 Å². The minimum atomic E-state index is -0.201. The topological polar surface area (TPSA) is 56.1 Å². The summed E-state index contributed by atoms with van der Waals surface area (Å²) < 4.78 is 0. The Morgan fingerprint density at radius 2 is 2.12 bits per heavy atom. The molecule has 1 rings (SSSR count). The molecule has 0 spiro atoms. The molecule has 4 nitrogen and oxygen atoms in total. The molecule has 2 amide bonds. The minimum Gasteiger partial charge on any atom is -0.326 e. The lowest BCUT2D eigenvalue weighted by molar-refractivity contribution is 0.219. The normalized spacial score (nSPS) is 11.3. The molecule has 0 aliphatic heterocycles. The second-order valence-corrected chi connectivity index (χ2v) is 3.71. The van der Waals surface area contributed by atoms with Gasteiger partial charge in [-0.2, -0.15) is 5.26 Å². The van der Waals surface area contributed by atoms with Gasteiger partial charge in [0.2, 0.25) is 0 Å². The molecular formula is C12H15N3O. The number of nitriles is 1. The van der Waals surface area contributed by atoms with E-state index in [2.05, 4.69) is 11.4 Å². The number of anilines is 1. The van der Waals surface area contributed by atoms with Gasteiger partial charge in [0.25, 0.3) is 0 Å². The van der Waals surface area contributed by atoms with E-state index in [1.807, 2.05) is 30.3 Å². The molecule has 4 heteroatoms. The van der Waals surface area contributed by atoms with Gasteiger partial charge in [-0.1, -0.05) is 18.2 Å². The van der Waals surface area contributed by atoms with Gasteiger partial charge < -0.3 is 10.2 Å². The molecular weight excluding hydrogens is 202 g/mol. The van der Waals surface area contributed by atoms with E-state index in [1.165, 1.54) is 4.90 Å². The Balaban J connectivity index is 2.50. The average molecular weight is 217 g/mol. The van der Waals surface area contributed by atoms with E-state index in [-0.39, 0.29) is 11.9 Å². The highest BCUT2D eigenvalue weighted by molar-refractivity contribution is 5.89. The lowest BCUT2D eigenvalue weighted by Gasteiger charge is -2.18. The quantitative estimate of drug-likeness (QED) is 0.844. The molecule has 1 N–H and O–H groups in total. The maximum absolute atomic E-state index is 11.7. The number of benzene rings is 1. The SMILES string of the molecule is CC(C#N)CN(C)C(=O)Nc1ccccc1. The van der Waals surface area contributed by atoms with Crippen molar-refractivity contribution in [1.82, 2.24) is 4.90 Å². The summed E-state index contributed by atoms with van der Waals surface area (Å²) >= 11 is 0. The fourth-order valence-electron chi connectivity index (χ4n) is 1.27. The Morgan fingerprint density at radius 3 is 2.69 bits per heavy atom. The summed E-state index contributed by atoms with van der Waals surface area (Å²) in [5.74, 6) is -0.161. The first kappa shape index (κ1) is 12.1. The summed E-state index contributed by atoms with van der Waals surface area (Å²) in [4.78, 5) is 13.2. The first-order valence-electron chi connectivity index (χ1n) is 5.10. The zero-order chi connectivity index (χ0) is 12.0. The smallest absolute Gasteiger partial charge is 0.321 e. The van der Waals surface area contributed by atoms with Crippen LogP contribution in [0.5, 0.6) is 0 Å². The molecule has 0 fully saturated rings. The van der Waals surface area contributed by atoms with Gasteiger partial charge >= 0.3 is 6.03 Å². The second-order valence-electron chi connectivity index (χ2n) is 3.71. The van der Waals surface area contributed by atoms with Crippen molar-refractivity contribution >= 4 is 11.7 Å². The predicted molar refractivity (Wildman–Crippen MR) is 62.9 cm³/mol. The first-order valence-corrected chi connectivity index (χ1v) is 5.10. The Morgan fingerprint density at radius 1 is 1.50 bits per heavy atom. The molecule has 0 saturated carbocycles. The highest BCUT2D eigenvalue weighted by Gasteiger charge is 2.11. The van der Waals surface area contributed by atoms with E-state index in [0.29, 0.717) is 6.54 Å². The highest BCUT2D eigenvalue weighted by atomic mass is 16.2. The number of carbonyl (C=O) groups excluding carboxylic acids is 1. The standard InChI is InChI=1S/C12H15N3O/c1-10(8-13)9-15(2)12(16)14-11-6-4-3-5-7-11/h3-7,10H,9H2,1-2H3,(H,14,16). The van der Waals surface area contributed by atoms with Gasteiger partial charge in [-0.05, 0) is 19.1 Å². The van der Waals surface area contributed by atoms with Crippen LogP contribution in [0.2, 0.25) is 0 Å².